The number of benzene rings is 1. The quantitative estimate of drug-likeness (QED) is 0.621. The van der Waals surface area contributed by atoms with E-state index in [1.807, 2.05) is 13.8 Å². The van der Waals surface area contributed by atoms with E-state index in [9.17, 15) is 9.59 Å². The Bertz CT molecular complexity index is 564. The number of hydrogen-bond donors (Lipinski definition) is 1. The van der Waals surface area contributed by atoms with E-state index < -0.39 is 0 Å². The van der Waals surface area contributed by atoms with Crippen molar-refractivity contribution >= 4 is 23.5 Å². The molecular weight excluding hydrogens is 282 g/mol. The molecule has 114 valence electrons. The van der Waals surface area contributed by atoms with E-state index in [4.69, 9.17) is 0 Å². The molecule has 0 radical (unpaired) electrons. The molecule has 3 nitrogen and oxygen atoms in total. The van der Waals surface area contributed by atoms with Crippen molar-refractivity contribution < 1.29 is 9.59 Å². The van der Waals surface area contributed by atoms with E-state index in [2.05, 4.69) is 24.9 Å². The summed E-state index contributed by atoms with van der Waals surface area (Å²) >= 11 is 1.56. The summed E-state index contributed by atoms with van der Waals surface area (Å²) in [4.78, 5) is 23.3. The van der Waals surface area contributed by atoms with Gasteiger partial charge in [-0.05, 0) is 49.9 Å². The molecule has 1 aromatic rings. The average molecular weight is 305 g/mol. The number of thioether (sulfide) groups is 1. The molecule has 0 aliphatic carbocycles. The van der Waals surface area contributed by atoms with Crippen LogP contribution in [0.5, 0.6) is 0 Å². The van der Waals surface area contributed by atoms with E-state index in [0.717, 1.165) is 28.0 Å². The van der Waals surface area contributed by atoms with Crippen LogP contribution in [-0.2, 0) is 10.5 Å². The summed E-state index contributed by atoms with van der Waals surface area (Å²) in [5.74, 6) is 1.25. The van der Waals surface area contributed by atoms with Crippen molar-refractivity contribution in [3.05, 3.63) is 46.5 Å². The van der Waals surface area contributed by atoms with Crippen LogP contribution in [0.4, 0.5) is 0 Å². The number of rotatable bonds is 7. The fourth-order valence-electron chi connectivity index (χ4n) is 2.47. The molecule has 1 rings (SSSR count). The smallest absolute Gasteiger partial charge is 0.230 e. The van der Waals surface area contributed by atoms with Gasteiger partial charge in [-0.3, -0.25) is 9.59 Å². The molecule has 21 heavy (non-hydrogen) atoms. The van der Waals surface area contributed by atoms with Crippen LogP contribution in [0.25, 0.3) is 0 Å². The molecule has 0 unspecified atom stereocenters. The van der Waals surface area contributed by atoms with Crippen molar-refractivity contribution in [3.63, 3.8) is 0 Å². The molecule has 0 bridgehead atoms. The highest BCUT2D eigenvalue weighted by atomic mass is 32.2. The first-order chi connectivity index (χ1) is 9.88. The normalized spacial score (nSPS) is 10.3. The van der Waals surface area contributed by atoms with Crippen LogP contribution in [0.15, 0.2) is 18.7 Å². The highest BCUT2D eigenvalue weighted by Gasteiger charge is 2.14. The van der Waals surface area contributed by atoms with Crippen LogP contribution in [0.1, 0.15) is 39.5 Å². The summed E-state index contributed by atoms with van der Waals surface area (Å²) in [6.45, 7) is 11.7. The number of carbonyl (C=O) groups is 2. The van der Waals surface area contributed by atoms with E-state index in [-0.39, 0.29) is 11.7 Å². The summed E-state index contributed by atoms with van der Waals surface area (Å²) in [7, 11) is 0. The summed E-state index contributed by atoms with van der Waals surface area (Å²) in [6, 6.07) is 2.05. The Kier molecular flexibility index (Phi) is 6.69. The topological polar surface area (TPSA) is 46.2 Å². The third-order valence-electron chi connectivity index (χ3n) is 3.41. The molecule has 1 amide bonds. The minimum absolute atomic E-state index is 0.00843. The predicted octanol–water partition coefficient (Wildman–Crippen LogP) is 3.35. The van der Waals surface area contributed by atoms with Crippen molar-refractivity contribution in [1.82, 2.24) is 5.32 Å². The van der Waals surface area contributed by atoms with Gasteiger partial charge in [0.15, 0.2) is 5.78 Å². The second-order valence-electron chi connectivity index (χ2n) is 5.13. The SMILES string of the molecule is C=CCNC(=O)CSCc1c(C)cc(C)c(C(C)=O)c1C. The first-order valence-electron chi connectivity index (χ1n) is 6.94. The second-order valence-corrected chi connectivity index (χ2v) is 6.12. The van der Waals surface area contributed by atoms with Gasteiger partial charge in [-0.1, -0.05) is 12.1 Å². The maximum Gasteiger partial charge on any atom is 0.230 e. The lowest BCUT2D eigenvalue weighted by atomic mass is 9.92. The Hall–Kier alpha value is -1.55. The van der Waals surface area contributed by atoms with Gasteiger partial charge < -0.3 is 5.32 Å². The molecule has 1 N–H and O–H groups in total. The highest BCUT2D eigenvalue weighted by Crippen LogP contribution is 2.26. The van der Waals surface area contributed by atoms with Crippen LogP contribution < -0.4 is 5.32 Å². The molecule has 0 aliphatic heterocycles. The Morgan fingerprint density at radius 3 is 2.52 bits per heavy atom. The van der Waals surface area contributed by atoms with Gasteiger partial charge in [0.1, 0.15) is 0 Å². The van der Waals surface area contributed by atoms with Crippen molar-refractivity contribution in [3.8, 4) is 0 Å². The summed E-state index contributed by atoms with van der Waals surface area (Å²) in [6.07, 6.45) is 1.66. The van der Waals surface area contributed by atoms with Gasteiger partial charge in [-0.15, -0.1) is 18.3 Å². The molecule has 4 heteroatoms. The van der Waals surface area contributed by atoms with Crippen molar-refractivity contribution in [1.29, 1.82) is 0 Å². The van der Waals surface area contributed by atoms with Crippen molar-refractivity contribution in [2.24, 2.45) is 0 Å². The Morgan fingerprint density at radius 1 is 1.29 bits per heavy atom. The fraction of sp³-hybridized carbons (Fsp3) is 0.412. The zero-order valence-electron chi connectivity index (χ0n) is 13.2. The number of ketones is 1. The predicted molar refractivity (Wildman–Crippen MR) is 90.0 cm³/mol. The molecule has 0 aromatic heterocycles. The van der Waals surface area contributed by atoms with Crippen LogP contribution >= 0.6 is 11.8 Å². The molecular formula is C17H23NO2S. The van der Waals surface area contributed by atoms with Gasteiger partial charge in [0.2, 0.25) is 5.91 Å². The third kappa shape index (κ3) is 4.74. The van der Waals surface area contributed by atoms with Gasteiger partial charge in [0, 0.05) is 17.9 Å². The monoisotopic (exact) mass is 305 g/mol. The Balaban J connectivity index is 2.80. The minimum Gasteiger partial charge on any atom is -0.352 e. The number of carbonyl (C=O) groups excluding carboxylic acids is 2. The van der Waals surface area contributed by atoms with E-state index in [1.165, 1.54) is 5.56 Å². The zero-order valence-corrected chi connectivity index (χ0v) is 14.0. The van der Waals surface area contributed by atoms with E-state index in [1.54, 1.807) is 24.8 Å². The minimum atomic E-state index is 0.00843. The number of aryl methyl sites for hydroxylation is 2. The number of hydrogen-bond acceptors (Lipinski definition) is 3. The van der Waals surface area contributed by atoms with Gasteiger partial charge in [-0.25, -0.2) is 0 Å². The Morgan fingerprint density at radius 2 is 1.95 bits per heavy atom. The zero-order chi connectivity index (χ0) is 16.0. The highest BCUT2D eigenvalue weighted by molar-refractivity contribution is 7.99. The number of nitrogens with one attached hydrogen (secondary N) is 1. The standard InChI is InChI=1S/C17H23NO2S/c1-6-7-18-16(20)10-21-9-15-11(2)8-12(3)17(13(15)4)14(5)19/h6,8H,1,7,9-10H2,2-5H3,(H,18,20). The molecule has 0 aliphatic rings. The summed E-state index contributed by atoms with van der Waals surface area (Å²) in [5.41, 5.74) is 5.21. The molecule has 0 spiro atoms. The fourth-order valence-corrected chi connectivity index (χ4v) is 3.51. The van der Waals surface area contributed by atoms with Crippen molar-refractivity contribution in [2.75, 3.05) is 12.3 Å². The maximum absolute atomic E-state index is 11.8. The van der Waals surface area contributed by atoms with Crippen molar-refractivity contribution in [2.45, 2.75) is 33.4 Å². The van der Waals surface area contributed by atoms with Crippen LogP contribution in [0, 0.1) is 20.8 Å². The lowest BCUT2D eigenvalue weighted by Crippen LogP contribution is -2.25. The molecule has 0 fully saturated rings. The maximum atomic E-state index is 11.8. The summed E-state index contributed by atoms with van der Waals surface area (Å²) in [5, 5.41) is 2.75. The first kappa shape index (κ1) is 17.5. The van der Waals surface area contributed by atoms with Gasteiger partial charge >= 0.3 is 0 Å². The lowest BCUT2D eigenvalue weighted by molar-refractivity contribution is -0.118. The molecule has 1 aromatic carbocycles. The van der Waals surface area contributed by atoms with Gasteiger partial charge in [0.05, 0.1) is 5.75 Å². The van der Waals surface area contributed by atoms with Crippen LogP contribution in [0.2, 0.25) is 0 Å². The second kappa shape index (κ2) is 8.03. The Labute approximate surface area is 131 Å². The summed E-state index contributed by atoms with van der Waals surface area (Å²) < 4.78 is 0. The third-order valence-corrected chi connectivity index (χ3v) is 4.37. The molecule has 0 saturated heterocycles. The lowest BCUT2D eigenvalue weighted by Gasteiger charge is -2.15. The van der Waals surface area contributed by atoms with Crippen LogP contribution in [-0.4, -0.2) is 24.0 Å². The largest absolute Gasteiger partial charge is 0.352 e. The number of amides is 1. The van der Waals surface area contributed by atoms with E-state index in [0.29, 0.717) is 12.3 Å². The molecule has 0 atom stereocenters. The van der Waals surface area contributed by atoms with E-state index >= 15 is 0 Å². The molecule has 0 saturated carbocycles. The molecule has 0 heterocycles. The van der Waals surface area contributed by atoms with Gasteiger partial charge in [0.25, 0.3) is 0 Å². The first-order valence-corrected chi connectivity index (χ1v) is 8.09. The number of Topliss-reactive ketones (excluding diaryl/α,β-unsaturated/α-hetero) is 1. The van der Waals surface area contributed by atoms with Gasteiger partial charge in [-0.2, -0.15) is 0 Å². The van der Waals surface area contributed by atoms with Crippen LogP contribution in [0.3, 0.4) is 0 Å². The average Bonchev–Trinajstić information content (AvgIpc) is 2.39.